The van der Waals surface area contributed by atoms with Gasteiger partial charge in [0.25, 0.3) is 5.91 Å². The van der Waals surface area contributed by atoms with Crippen molar-refractivity contribution in [3.8, 4) is 0 Å². The maximum absolute atomic E-state index is 12.5. The molecule has 2 amide bonds. The monoisotopic (exact) mass is 394 g/mol. The molecule has 0 saturated carbocycles. The summed E-state index contributed by atoms with van der Waals surface area (Å²) in [6.07, 6.45) is 1.56. The van der Waals surface area contributed by atoms with Gasteiger partial charge in [0.2, 0.25) is 5.91 Å². The first-order valence-electron chi connectivity index (χ1n) is 8.94. The largest absolute Gasteiger partial charge is 0.467 e. The summed E-state index contributed by atoms with van der Waals surface area (Å²) in [5.41, 5.74) is 3.32. The van der Waals surface area contributed by atoms with Gasteiger partial charge in [0.05, 0.1) is 29.8 Å². The number of furan rings is 1. The van der Waals surface area contributed by atoms with E-state index < -0.39 is 0 Å². The number of carbonyl (C=O) groups excluding carboxylic acids is 2. The van der Waals surface area contributed by atoms with Gasteiger partial charge in [0.1, 0.15) is 5.76 Å². The molecule has 0 fully saturated rings. The average molecular weight is 394 g/mol. The van der Waals surface area contributed by atoms with Gasteiger partial charge in [0, 0.05) is 5.75 Å². The van der Waals surface area contributed by atoms with Crippen molar-refractivity contribution in [1.29, 1.82) is 0 Å². The van der Waals surface area contributed by atoms with E-state index >= 15 is 0 Å². The van der Waals surface area contributed by atoms with E-state index in [-0.39, 0.29) is 11.8 Å². The topological polar surface area (TPSA) is 71.3 Å². The molecule has 2 aromatic carbocycles. The molecule has 5 nitrogen and oxygen atoms in total. The minimum atomic E-state index is -0.264. The van der Waals surface area contributed by atoms with E-state index in [4.69, 9.17) is 4.42 Å². The SMILES string of the molecule is Cc1cccc(CSCC(=O)Nc2ccccc2C(=O)NCc2ccco2)c1. The number of para-hydroxylation sites is 1. The maximum atomic E-state index is 12.5. The van der Waals surface area contributed by atoms with E-state index in [0.717, 1.165) is 5.75 Å². The molecule has 1 heterocycles. The van der Waals surface area contributed by atoms with Gasteiger partial charge in [-0.3, -0.25) is 9.59 Å². The summed E-state index contributed by atoms with van der Waals surface area (Å²) in [6.45, 7) is 2.34. The van der Waals surface area contributed by atoms with Crippen LogP contribution in [-0.2, 0) is 17.1 Å². The molecule has 0 aliphatic heterocycles. The summed E-state index contributed by atoms with van der Waals surface area (Å²) < 4.78 is 5.22. The van der Waals surface area contributed by atoms with Gasteiger partial charge in [-0.05, 0) is 36.8 Å². The fourth-order valence-corrected chi connectivity index (χ4v) is 3.49. The van der Waals surface area contributed by atoms with Crippen LogP contribution in [0.3, 0.4) is 0 Å². The molecule has 144 valence electrons. The smallest absolute Gasteiger partial charge is 0.253 e. The second-order valence-corrected chi connectivity index (χ2v) is 7.32. The number of rotatable bonds is 8. The Kier molecular flexibility index (Phi) is 6.92. The van der Waals surface area contributed by atoms with Gasteiger partial charge in [-0.1, -0.05) is 42.0 Å². The van der Waals surface area contributed by atoms with Gasteiger partial charge in [-0.25, -0.2) is 0 Å². The zero-order valence-electron chi connectivity index (χ0n) is 15.6. The second-order valence-electron chi connectivity index (χ2n) is 6.34. The fourth-order valence-electron chi connectivity index (χ4n) is 2.72. The number of nitrogens with one attached hydrogen (secondary N) is 2. The Labute approximate surface area is 168 Å². The Balaban J connectivity index is 1.53. The number of carbonyl (C=O) groups is 2. The molecule has 1 aromatic heterocycles. The molecule has 0 spiro atoms. The van der Waals surface area contributed by atoms with Crippen molar-refractivity contribution in [2.75, 3.05) is 11.1 Å². The lowest BCUT2D eigenvalue weighted by molar-refractivity contribution is -0.113. The number of thioether (sulfide) groups is 1. The van der Waals surface area contributed by atoms with E-state index in [1.54, 1.807) is 54.4 Å². The van der Waals surface area contributed by atoms with Crippen LogP contribution in [0.25, 0.3) is 0 Å². The third-order valence-corrected chi connectivity index (χ3v) is 5.04. The van der Waals surface area contributed by atoms with Crippen molar-refractivity contribution in [3.63, 3.8) is 0 Å². The van der Waals surface area contributed by atoms with Crippen LogP contribution in [0.1, 0.15) is 27.2 Å². The predicted molar refractivity (Wildman–Crippen MR) is 112 cm³/mol. The highest BCUT2D eigenvalue weighted by Gasteiger charge is 2.13. The minimum Gasteiger partial charge on any atom is -0.467 e. The van der Waals surface area contributed by atoms with Gasteiger partial charge in [0.15, 0.2) is 0 Å². The molecular formula is C22H22N2O3S. The highest BCUT2D eigenvalue weighted by molar-refractivity contribution is 7.99. The predicted octanol–water partition coefficient (Wildman–Crippen LogP) is 4.39. The lowest BCUT2D eigenvalue weighted by atomic mass is 10.1. The molecule has 0 atom stereocenters. The molecule has 0 radical (unpaired) electrons. The van der Waals surface area contributed by atoms with Gasteiger partial charge in [-0.15, -0.1) is 11.8 Å². The lowest BCUT2D eigenvalue weighted by Gasteiger charge is -2.11. The molecule has 2 N–H and O–H groups in total. The van der Waals surface area contributed by atoms with E-state index in [0.29, 0.717) is 29.3 Å². The third-order valence-electron chi connectivity index (χ3n) is 4.03. The second kappa shape index (κ2) is 9.80. The summed E-state index contributed by atoms with van der Waals surface area (Å²) in [7, 11) is 0. The van der Waals surface area contributed by atoms with Crippen molar-refractivity contribution in [2.24, 2.45) is 0 Å². The molecule has 3 aromatic rings. The fraction of sp³-hybridized carbons (Fsp3) is 0.182. The van der Waals surface area contributed by atoms with Crippen molar-refractivity contribution in [2.45, 2.75) is 19.2 Å². The summed E-state index contributed by atoms with van der Waals surface area (Å²) in [4.78, 5) is 24.8. The number of anilines is 1. The Morgan fingerprint density at radius 1 is 1.04 bits per heavy atom. The van der Waals surface area contributed by atoms with Crippen molar-refractivity contribution >= 4 is 29.3 Å². The summed E-state index contributed by atoms with van der Waals surface area (Å²) in [6, 6.07) is 18.8. The van der Waals surface area contributed by atoms with E-state index in [1.807, 2.05) is 6.07 Å². The first-order valence-corrected chi connectivity index (χ1v) is 10.1. The molecule has 28 heavy (non-hydrogen) atoms. The van der Waals surface area contributed by atoms with Crippen LogP contribution in [-0.4, -0.2) is 17.6 Å². The number of amides is 2. The molecular weight excluding hydrogens is 372 g/mol. The number of hydrogen-bond acceptors (Lipinski definition) is 4. The quantitative estimate of drug-likeness (QED) is 0.594. The van der Waals surface area contributed by atoms with Crippen LogP contribution in [0.15, 0.2) is 71.3 Å². The van der Waals surface area contributed by atoms with Crippen molar-refractivity contribution in [3.05, 3.63) is 89.4 Å². The van der Waals surface area contributed by atoms with Gasteiger partial charge >= 0.3 is 0 Å². The molecule has 6 heteroatoms. The summed E-state index contributed by atoms with van der Waals surface area (Å²) in [5, 5.41) is 5.63. The van der Waals surface area contributed by atoms with E-state index in [1.165, 1.54) is 11.1 Å². The van der Waals surface area contributed by atoms with E-state index in [2.05, 4.69) is 35.8 Å². The highest BCUT2D eigenvalue weighted by Crippen LogP contribution is 2.17. The molecule has 0 unspecified atom stereocenters. The Morgan fingerprint density at radius 3 is 2.68 bits per heavy atom. The van der Waals surface area contributed by atoms with Crippen LogP contribution >= 0.6 is 11.8 Å². The molecule has 0 aliphatic carbocycles. The van der Waals surface area contributed by atoms with Crippen LogP contribution in [0.2, 0.25) is 0 Å². The first kappa shape index (κ1) is 19.8. The lowest BCUT2D eigenvalue weighted by Crippen LogP contribution is -2.25. The molecule has 0 saturated heterocycles. The summed E-state index contributed by atoms with van der Waals surface area (Å²) in [5.74, 6) is 1.35. The number of hydrogen-bond donors (Lipinski definition) is 2. The Hall–Kier alpha value is -2.99. The summed E-state index contributed by atoms with van der Waals surface area (Å²) >= 11 is 1.54. The van der Waals surface area contributed by atoms with Crippen LogP contribution in [0, 0.1) is 6.92 Å². The van der Waals surface area contributed by atoms with Gasteiger partial charge in [-0.2, -0.15) is 0 Å². The molecule has 3 rings (SSSR count). The highest BCUT2D eigenvalue weighted by atomic mass is 32.2. The Morgan fingerprint density at radius 2 is 1.89 bits per heavy atom. The number of benzene rings is 2. The minimum absolute atomic E-state index is 0.135. The van der Waals surface area contributed by atoms with E-state index in [9.17, 15) is 9.59 Å². The standard InChI is InChI=1S/C22H22N2O3S/c1-16-6-4-7-17(12-16)14-28-15-21(25)24-20-10-3-2-9-19(20)22(26)23-13-18-8-5-11-27-18/h2-12H,13-15H2,1H3,(H,23,26)(H,24,25). The van der Waals surface area contributed by atoms with Crippen LogP contribution < -0.4 is 10.6 Å². The average Bonchev–Trinajstić information content (AvgIpc) is 3.20. The first-order chi connectivity index (χ1) is 13.6. The molecule has 0 bridgehead atoms. The zero-order valence-corrected chi connectivity index (χ0v) is 16.4. The van der Waals surface area contributed by atoms with Crippen molar-refractivity contribution < 1.29 is 14.0 Å². The van der Waals surface area contributed by atoms with Gasteiger partial charge < -0.3 is 15.1 Å². The molecule has 0 aliphatic rings. The van der Waals surface area contributed by atoms with Crippen LogP contribution in [0.5, 0.6) is 0 Å². The third kappa shape index (κ3) is 5.76. The zero-order chi connectivity index (χ0) is 19.8. The maximum Gasteiger partial charge on any atom is 0.253 e. The van der Waals surface area contributed by atoms with Crippen molar-refractivity contribution in [1.82, 2.24) is 5.32 Å². The normalized spacial score (nSPS) is 10.5. The Bertz CT molecular complexity index is 938. The van der Waals surface area contributed by atoms with Crippen LogP contribution in [0.4, 0.5) is 5.69 Å². The number of aryl methyl sites for hydroxylation is 1.